The van der Waals surface area contributed by atoms with E-state index in [-0.39, 0.29) is 16.9 Å². The molecule has 2 aromatic heterocycles. The molecule has 0 bridgehead atoms. The zero-order chi connectivity index (χ0) is 20.7. The number of hydrogen-bond acceptors (Lipinski definition) is 6. The van der Waals surface area contributed by atoms with Crippen molar-refractivity contribution in [2.24, 2.45) is 5.41 Å². The van der Waals surface area contributed by atoms with Gasteiger partial charge in [-0.25, -0.2) is 4.79 Å². The summed E-state index contributed by atoms with van der Waals surface area (Å²) in [5, 5.41) is 19.2. The van der Waals surface area contributed by atoms with Crippen LogP contribution in [0, 0.1) is 5.41 Å². The summed E-state index contributed by atoms with van der Waals surface area (Å²) in [5.74, 6) is -0.145. The second-order valence-electron chi connectivity index (χ2n) is 8.84. The number of amides is 1. The Morgan fingerprint density at radius 1 is 1.19 bits per heavy atom. The summed E-state index contributed by atoms with van der Waals surface area (Å²) in [5.41, 5.74) is -0.356. The van der Waals surface area contributed by atoms with Crippen LogP contribution >= 0.6 is 11.3 Å². The summed E-state index contributed by atoms with van der Waals surface area (Å²) in [6.45, 7) is 11.9. The molecule has 0 radical (unpaired) electrons. The number of aromatic nitrogens is 1. The average molecular weight is 394 g/mol. The Hall–Kier alpha value is -1.84. The summed E-state index contributed by atoms with van der Waals surface area (Å²) in [6, 6.07) is 3.09. The minimum Gasteiger partial charge on any atom is -0.443 e. The van der Waals surface area contributed by atoms with Gasteiger partial charge >= 0.3 is 13.2 Å². The molecular formula is C18H27BN2O5S. The van der Waals surface area contributed by atoms with Gasteiger partial charge in [-0.3, -0.25) is 9.36 Å². The molecule has 0 saturated heterocycles. The lowest BCUT2D eigenvalue weighted by Crippen LogP contribution is -2.41. The normalized spacial score (nSPS) is 12.3. The molecule has 2 aromatic rings. The Morgan fingerprint density at radius 2 is 1.78 bits per heavy atom. The molecule has 0 spiro atoms. The first kappa shape index (κ1) is 21.5. The Kier molecular flexibility index (Phi) is 5.80. The van der Waals surface area contributed by atoms with E-state index in [0.717, 1.165) is 4.57 Å². The number of carbonyl (C=O) groups excluding carboxylic acids is 2. The Bertz CT molecular complexity index is 858. The van der Waals surface area contributed by atoms with E-state index in [9.17, 15) is 19.6 Å². The van der Waals surface area contributed by atoms with Crippen LogP contribution in [0.2, 0.25) is 0 Å². The topological polar surface area (TPSA) is 92.0 Å². The van der Waals surface area contributed by atoms with E-state index in [0.29, 0.717) is 21.6 Å². The van der Waals surface area contributed by atoms with Crippen LogP contribution in [-0.2, 0) is 4.74 Å². The maximum Gasteiger partial charge on any atom is 0.506 e. The zero-order valence-electron chi connectivity index (χ0n) is 16.9. The lowest BCUT2D eigenvalue weighted by atomic mass is 9.86. The average Bonchev–Trinajstić information content (AvgIpc) is 2.99. The predicted octanol–water partition coefficient (Wildman–Crippen LogP) is 2.28. The van der Waals surface area contributed by atoms with Gasteiger partial charge in [0.1, 0.15) is 5.60 Å². The van der Waals surface area contributed by atoms with Gasteiger partial charge in [0.25, 0.3) is 5.91 Å². The number of carbonyl (C=O) groups is 2. The molecule has 0 aliphatic rings. The first-order valence-electron chi connectivity index (χ1n) is 8.70. The molecule has 1 amide bonds. The third-order valence-electron chi connectivity index (χ3n) is 3.63. The molecule has 0 atom stereocenters. The van der Waals surface area contributed by atoms with Crippen LogP contribution in [0.15, 0.2) is 12.1 Å². The van der Waals surface area contributed by atoms with Crippen molar-refractivity contribution < 1.29 is 24.4 Å². The zero-order valence-corrected chi connectivity index (χ0v) is 17.7. The molecule has 0 aromatic carbocycles. The first-order valence-corrected chi connectivity index (χ1v) is 9.51. The van der Waals surface area contributed by atoms with Crippen LogP contribution < -0.4 is 5.59 Å². The van der Waals surface area contributed by atoms with Crippen molar-refractivity contribution in [2.45, 2.75) is 47.1 Å². The summed E-state index contributed by atoms with van der Waals surface area (Å²) in [4.78, 5) is 27.4. The van der Waals surface area contributed by atoms with E-state index < -0.39 is 18.8 Å². The van der Waals surface area contributed by atoms with E-state index in [4.69, 9.17) is 4.74 Å². The van der Waals surface area contributed by atoms with Crippen molar-refractivity contribution in [1.82, 2.24) is 9.47 Å². The fourth-order valence-corrected chi connectivity index (χ4v) is 3.87. The van der Waals surface area contributed by atoms with Crippen LogP contribution in [0.4, 0.5) is 4.79 Å². The molecular weight excluding hydrogens is 367 g/mol. The summed E-state index contributed by atoms with van der Waals surface area (Å²) in [7, 11) is -0.0946. The van der Waals surface area contributed by atoms with Crippen molar-refractivity contribution in [2.75, 3.05) is 13.6 Å². The fraction of sp³-hybridized carbons (Fsp3) is 0.556. The van der Waals surface area contributed by atoms with E-state index in [1.54, 1.807) is 38.8 Å². The lowest BCUT2D eigenvalue weighted by molar-refractivity contribution is 0.0547. The molecule has 2 N–H and O–H groups in total. The Morgan fingerprint density at radius 3 is 2.26 bits per heavy atom. The first-order chi connectivity index (χ1) is 12.2. The van der Waals surface area contributed by atoms with Gasteiger partial charge in [-0.15, -0.1) is 11.3 Å². The smallest absolute Gasteiger partial charge is 0.443 e. The summed E-state index contributed by atoms with van der Waals surface area (Å²) in [6.07, 6.45) is -0.722. The van der Waals surface area contributed by atoms with Crippen LogP contribution in [0.25, 0.3) is 10.2 Å². The number of hydrogen-bond donors (Lipinski definition) is 2. The Balaban J connectivity index is 2.45. The molecule has 0 unspecified atom stereocenters. The monoisotopic (exact) mass is 394 g/mol. The third-order valence-corrected chi connectivity index (χ3v) is 4.69. The van der Waals surface area contributed by atoms with Crippen LogP contribution in [0.3, 0.4) is 0 Å². The van der Waals surface area contributed by atoms with Crippen molar-refractivity contribution in [3.05, 3.63) is 17.0 Å². The second-order valence-corrected chi connectivity index (χ2v) is 9.92. The quantitative estimate of drug-likeness (QED) is 0.780. The Labute approximate surface area is 163 Å². The van der Waals surface area contributed by atoms with E-state index in [1.807, 2.05) is 20.8 Å². The van der Waals surface area contributed by atoms with Gasteiger partial charge in [-0.2, -0.15) is 0 Å². The van der Waals surface area contributed by atoms with Gasteiger partial charge in [0, 0.05) is 13.6 Å². The standard InChI is InChI=1S/C18H27BN2O5S/c1-17(2,3)10-20(7)15(22)13-8-11-12(27-13)9-14(19(24)25)21(11)16(23)26-18(4,5)6/h8-9,24-25H,10H2,1-7H3. The maximum atomic E-state index is 12.7. The summed E-state index contributed by atoms with van der Waals surface area (Å²) >= 11 is 1.21. The number of fused-ring (bicyclic) bond motifs is 1. The van der Waals surface area contributed by atoms with Gasteiger partial charge in [-0.1, -0.05) is 20.8 Å². The van der Waals surface area contributed by atoms with E-state index in [2.05, 4.69) is 0 Å². The highest BCUT2D eigenvalue weighted by molar-refractivity contribution is 7.21. The van der Waals surface area contributed by atoms with Crippen molar-refractivity contribution >= 4 is 46.3 Å². The van der Waals surface area contributed by atoms with Crippen LogP contribution in [-0.4, -0.2) is 57.8 Å². The minimum atomic E-state index is -1.83. The number of thiophene rings is 1. The van der Waals surface area contributed by atoms with E-state index >= 15 is 0 Å². The minimum absolute atomic E-state index is 0.00699. The lowest BCUT2D eigenvalue weighted by Gasteiger charge is -2.26. The molecule has 2 rings (SSSR count). The largest absolute Gasteiger partial charge is 0.506 e. The highest BCUT2D eigenvalue weighted by atomic mass is 32.1. The van der Waals surface area contributed by atoms with Gasteiger partial charge in [0.05, 0.1) is 20.7 Å². The fourth-order valence-electron chi connectivity index (χ4n) is 2.79. The van der Waals surface area contributed by atoms with Crippen molar-refractivity contribution in [1.29, 1.82) is 0 Å². The van der Waals surface area contributed by atoms with Crippen molar-refractivity contribution in [3.8, 4) is 0 Å². The van der Waals surface area contributed by atoms with Gasteiger partial charge in [-0.05, 0) is 38.3 Å². The van der Waals surface area contributed by atoms with Crippen molar-refractivity contribution in [3.63, 3.8) is 0 Å². The summed E-state index contributed by atoms with van der Waals surface area (Å²) < 4.78 is 7.10. The predicted molar refractivity (Wildman–Crippen MR) is 108 cm³/mol. The highest BCUT2D eigenvalue weighted by Gasteiger charge is 2.29. The molecule has 27 heavy (non-hydrogen) atoms. The molecule has 148 valence electrons. The van der Waals surface area contributed by atoms with Gasteiger partial charge in [0.15, 0.2) is 0 Å². The number of ether oxygens (including phenoxy) is 1. The molecule has 0 fully saturated rings. The molecule has 9 heteroatoms. The van der Waals surface area contributed by atoms with Crippen LogP contribution in [0.1, 0.15) is 51.2 Å². The highest BCUT2D eigenvalue weighted by Crippen LogP contribution is 2.28. The SMILES string of the molecule is CN(CC(C)(C)C)C(=O)c1cc2c(cc(B(O)O)n2C(=O)OC(C)(C)C)s1. The van der Waals surface area contributed by atoms with Gasteiger partial charge in [0.2, 0.25) is 0 Å². The third kappa shape index (κ3) is 5.12. The molecule has 0 aliphatic carbocycles. The number of nitrogens with zero attached hydrogens (tertiary/aromatic N) is 2. The van der Waals surface area contributed by atoms with Gasteiger partial charge < -0.3 is 19.7 Å². The number of rotatable bonds is 3. The maximum absolute atomic E-state index is 12.7. The second kappa shape index (κ2) is 7.29. The van der Waals surface area contributed by atoms with E-state index in [1.165, 1.54) is 17.4 Å². The molecule has 2 heterocycles. The molecule has 0 aliphatic heterocycles. The van der Waals surface area contributed by atoms with Crippen LogP contribution in [0.5, 0.6) is 0 Å². The molecule has 7 nitrogen and oxygen atoms in total. The molecule has 0 saturated carbocycles.